The number of hydrogen-bond donors (Lipinski definition) is 3. The number of urea groups is 1. The third kappa shape index (κ3) is 3.52. The van der Waals surface area contributed by atoms with Gasteiger partial charge in [0.25, 0.3) is 0 Å². The Kier molecular flexibility index (Phi) is 4.89. The van der Waals surface area contributed by atoms with Crippen LogP contribution in [0.15, 0.2) is 24.3 Å². The fourth-order valence-corrected chi connectivity index (χ4v) is 3.79. The third-order valence-corrected chi connectivity index (χ3v) is 5.63. The van der Waals surface area contributed by atoms with Crippen LogP contribution in [0.1, 0.15) is 31.7 Å². The summed E-state index contributed by atoms with van der Waals surface area (Å²) in [5.41, 5.74) is 1.35. The highest BCUT2D eigenvalue weighted by molar-refractivity contribution is 5.98. The van der Waals surface area contributed by atoms with E-state index in [4.69, 9.17) is 5.41 Å². The highest BCUT2D eigenvalue weighted by atomic mass is 16.2. The summed E-state index contributed by atoms with van der Waals surface area (Å²) < 4.78 is 0. The van der Waals surface area contributed by atoms with E-state index in [-0.39, 0.29) is 23.8 Å². The number of nitrogens with one attached hydrogen (secondary N) is 3. The van der Waals surface area contributed by atoms with Crippen molar-refractivity contribution in [2.24, 2.45) is 5.92 Å². The van der Waals surface area contributed by atoms with Crippen molar-refractivity contribution in [3.8, 4) is 0 Å². The van der Waals surface area contributed by atoms with Crippen LogP contribution in [0.4, 0.5) is 10.5 Å². The van der Waals surface area contributed by atoms with Gasteiger partial charge in [0.1, 0.15) is 0 Å². The number of amides is 3. The van der Waals surface area contributed by atoms with E-state index in [0.29, 0.717) is 19.5 Å². The average Bonchev–Trinajstić information content (AvgIpc) is 2.61. The van der Waals surface area contributed by atoms with E-state index in [0.717, 1.165) is 24.1 Å². The van der Waals surface area contributed by atoms with Crippen molar-refractivity contribution >= 4 is 23.6 Å². The number of likely N-dealkylation sites (tertiary alicyclic amines) is 1. The molecule has 3 amide bonds. The Morgan fingerprint density at radius 3 is 2.81 bits per heavy atom. The average molecular weight is 357 g/mol. The lowest BCUT2D eigenvalue weighted by Gasteiger charge is -2.47. The summed E-state index contributed by atoms with van der Waals surface area (Å²) in [5.74, 6) is 0.194. The summed E-state index contributed by atoms with van der Waals surface area (Å²) in [4.78, 5) is 28.1. The van der Waals surface area contributed by atoms with Crippen LogP contribution in [0, 0.1) is 18.3 Å². The van der Waals surface area contributed by atoms with Gasteiger partial charge in [-0.3, -0.25) is 15.1 Å². The van der Waals surface area contributed by atoms with Crippen LogP contribution in [-0.4, -0.2) is 53.4 Å². The molecule has 0 aliphatic carbocycles. The fourth-order valence-electron chi connectivity index (χ4n) is 3.79. The van der Waals surface area contributed by atoms with Crippen LogP contribution < -0.4 is 10.6 Å². The molecule has 2 atom stereocenters. The molecule has 3 N–H and O–H groups in total. The minimum atomic E-state index is -0.498. The Bertz CT molecular complexity index is 714. The second-order valence-corrected chi connectivity index (χ2v) is 7.55. The SMILES string of the molecule is Cc1ccccc1NC(=O)N1CCCC([C@]2(C)CC(=O)N(C)C(=N)N2)C1. The summed E-state index contributed by atoms with van der Waals surface area (Å²) in [6.07, 6.45) is 2.16. The number of piperidine rings is 1. The Balaban J connectivity index is 1.69. The molecule has 3 rings (SSSR count). The van der Waals surface area contributed by atoms with E-state index < -0.39 is 5.54 Å². The van der Waals surface area contributed by atoms with Gasteiger partial charge in [0, 0.05) is 25.8 Å². The van der Waals surface area contributed by atoms with E-state index in [9.17, 15) is 9.59 Å². The van der Waals surface area contributed by atoms with Crippen molar-refractivity contribution in [3.05, 3.63) is 29.8 Å². The number of carbonyl (C=O) groups excluding carboxylic acids is 2. The highest BCUT2D eigenvalue weighted by Crippen LogP contribution is 2.32. The Hall–Kier alpha value is -2.57. The first-order valence-electron chi connectivity index (χ1n) is 9.05. The molecule has 2 aliphatic rings. The maximum Gasteiger partial charge on any atom is 0.321 e. The molecule has 1 aromatic carbocycles. The lowest BCUT2D eigenvalue weighted by Crippen LogP contribution is -2.65. The molecule has 2 saturated heterocycles. The van der Waals surface area contributed by atoms with Crippen LogP contribution in [0.3, 0.4) is 0 Å². The number of benzene rings is 1. The molecule has 1 aromatic rings. The monoisotopic (exact) mass is 357 g/mol. The smallest absolute Gasteiger partial charge is 0.321 e. The second kappa shape index (κ2) is 6.97. The topological polar surface area (TPSA) is 88.5 Å². The van der Waals surface area contributed by atoms with Crippen molar-refractivity contribution in [2.45, 2.75) is 38.6 Å². The molecule has 140 valence electrons. The zero-order chi connectivity index (χ0) is 18.9. The minimum Gasteiger partial charge on any atom is -0.350 e. The zero-order valence-corrected chi connectivity index (χ0v) is 15.6. The summed E-state index contributed by atoms with van der Waals surface area (Å²) in [5, 5.41) is 14.2. The first-order valence-corrected chi connectivity index (χ1v) is 9.05. The minimum absolute atomic E-state index is 0.0577. The van der Waals surface area contributed by atoms with Gasteiger partial charge < -0.3 is 15.5 Å². The Labute approximate surface area is 154 Å². The summed E-state index contributed by atoms with van der Waals surface area (Å²) in [6, 6.07) is 7.61. The Morgan fingerprint density at radius 1 is 1.38 bits per heavy atom. The number of para-hydroxylation sites is 1. The molecule has 7 heteroatoms. The molecule has 0 aromatic heterocycles. The molecule has 2 aliphatic heterocycles. The summed E-state index contributed by atoms with van der Waals surface area (Å²) in [7, 11) is 1.61. The lowest BCUT2D eigenvalue weighted by molar-refractivity contribution is -0.130. The molecule has 26 heavy (non-hydrogen) atoms. The number of hydrogen-bond acceptors (Lipinski definition) is 3. The van der Waals surface area contributed by atoms with E-state index in [1.807, 2.05) is 43.0 Å². The molecule has 0 bridgehead atoms. The van der Waals surface area contributed by atoms with Gasteiger partial charge in [-0.1, -0.05) is 18.2 Å². The van der Waals surface area contributed by atoms with Crippen molar-refractivity contribution in [1.29, 1.82) is 5.41 Å². The molecule has 0 radical (unpaired) electrons. The predicted octanol–water partition coefficient (Wildman–Crippen LogP) is 2.38. The predicted molar refractivity (Wildman–Crippen MR) is 101 cm³/mol. The van der Waals surface area contributed by atoms with E-state index >= 15 is 0 Å². The van der Waals surface area contributed by atoms with Crippen LogP contribution in [0.2, 0.25) is 0 Å². The standard InChI is InChI=1S/C19H27N5O2/c1-13-7-4-5-9-15(13)21-18(26)24-10-6-8-14(12-24)19(2)11-16(25)23(3)17(20)22-19/h4-5,7,9,14H,6,8,10-12H2,1-3H3,(H2,20,22)(H,21,26)/t14?,19-/m0/s1. The zero-order valence-electron chi connectivity index (χ0n) is 15.6. The number of anilines is 1. The highest BCUT2D eigenvalue weighted by Gasteiger charge is 2.44. The molecule has 7 nitrogen and oxygen atoms in total. The number of rotatable bonds is 2. The Morgan fingerprint density at radius 2 is 2.12 bits per heavy atom. The van der Waals surface area contributed by atoms with Gasteiger partial charge in [-0.05, 0) is 44.2 Å². The lowest BCUT2D eigenvalue weighted by atomic mass is 9.76. The number of guanidine groups is 1. The van der Waals surface area contributed by atoms with Gasteiger partial charge in [0.2, 0.25) is 5.91 Å². The van der Waals surface area contributed by atoms with Crippen LogP contribution >= 0.6 is 0 Å². The van der Waals surface area contributed by atoms with Gasteiger partial charge in [0.15, 0.2) is 5.96 Å². The number of nitrogens with zero attached hydrogens (tertiary/aromatic N) is 2. The molecule has 1 unspecified atom stereocenters. The van der Waals surface area contributed by atoms with Crippen molar-refractivity contribution in [1.82, 2.24) is 15.1 Å². The van der Waals surface area contributed by atoms with E-state index in [1.54, 1.807) is 7.05 Å². The van der Waals surface area contributed by atoms with Gasteiger partial charge in [-0.25, -0.2) is 4.79 Å². The maximum atomic E-state index is 12.7. The van der Waals surface area contributed by atoms with Crippen LogP contribution in [-0.2, 0) is 4.79 Å². The normalized spacial score (nSPS) is 26.5. The molecule has 2 fully saturated rings. The van der Waals surface area contributed by atoms with E-state index in [1.165, 1.54) is 4.90 Å². The molecular formula is C19H27N5O2. The van der Waals surface area contributed by atoms with Crippen molar-refractivity contribution < 1.29 is 9.59 Å². The molecular weight excluding hydrogens is 330 g/mol. The maximum absolute atomic E-state index is 12.7. The van der Waals surface area contributed by atoms with Gasteiger partial charge >= 0.3 is 6.03 Å². The molecule has 0 spiro atoms. The van der Waals surface area contributed by atoms with Crippen molar-refractivity contribution in [3.63, 3.8) is 0 Å². The molecule has 0 saturated carbocycles. The second-order valence-electron chi connectivity index (χ2n) is 7.55. The van der Waals surface area contributed by atoms with E-state index in [2.05, 4.69) is 10.6 Å². The van der Waals surface area contributed by atoms with Crippen LogP contribution in [0.25, 0.3) is 0 Å². The van der Waals surface area contributed by atoms with Gasteiger partial charge in [-0.2, -0.15) is 0 Å². The van der Waals surface area contributed by atoms with Gasteiger partial charge in [0.05, 0.1) is 12.0 Å². The third-order valence-electron chi connectivity index (χ3n) is 5.63. The fraction of sp³-hybridized carbons (Fsp3) is 0.526. The number of carbonyl (C=O) groups is 2. The molecule has 2 heterocycles. The number of aryl methyl sites for hydroxylation is 1. The van der Waals surface area contributed by atoms with Crippen molar-refractivity contribution in [2.75, 3.05) is 25.5 Å². The summed E-state index contributed by atoms with van der Waals surface area (Å²) in [6.45, 7) is 5.23. The summed E-state index contributed by atoms with van der Waals surface area (Å²) >= 11 is 0. The van der Waals surface area contributed by atoms with Gasteiger partial charge in [-0.15, -0.1) is 0 Å². The first kappa shape index (κ1) is 18.2. The van der Waals surface area contributed by atoms with Crippen LogP contribution in [0.5, 0.6) is 0 Å². The largest absolute Gasteiger partial charge is 0.350 e. The quantitative estimate of drug-likeness (QED) is 0.759. The first-order chi connectivity index (χ1) is 12.3.